The summed E-state index contributed by atoms with van der Waals surface area (Å²) in [5, 5.41) is 24.8. The fourth-order valence-electron chi connectivity index (χ4n) is 4.16. The van der Waals surface area contributed by atoms with Crippen molar-refractivity contribution in [3.63, 3.8) is 0 Å². The second-order valence-corrected chi connectivity index (χ2v) is 12.2. The van der Waals surface area contributed by atoms with E-state index in [9.17, 15) is 9.90 Å². The largest absolute Gasteiger partial charge is 0.392 e. The fourth-order valence-corrected chi connectivity index (χ4v) is 5.21. The van der Waals surface area contributed by atoms with Gasteiger partial charge >= 0.3 is 0 Å². The molecular formula is C27H24Cl3N5O4S. The molecule has 0 radical (unpaired) electrons. The van der Waals surface area contributed by atoms with Crippen molar-refractivity contribution in [2.45, 2.75) is 40.5 Å². The third-order valence-corrected chi connectivity index (χ3v) is 7.70. The van der Waals surface area contributed by atoms with E-state index < -0.39 is 16.0 Å². The zero-order valence-electron chi connectivity index (χ0n) is 20.9. The minimum atomic E-state index is -2.10. The van der Waals surface area contributed by atoms with Crippen molar-refractivity contribution in [2.75, 3.05) is 11.1 Å². The Labute approximate surface area is 249 Å². The Morgan fingerprint density at radius 3 is 2.52 bits per heavy atom. The van der Waals surface area contributed by atoms with Crippen molar-refractivity contribution >= 4 is 58.2 Å². The van der Waals surface area contributed by atoms with Crippen LogP contribution in [0.25, 0.3) is 5.69 Å². The van der Waals surface area contributed by atoms with Crippen LogP contribution in [0.4, 0.5) is 5.69 Å². The molecule has 0 bridgehead atoms. The van der Waals surface area contributed by atoms with Crippen LogP contribution >= 0.6 is 46.6 Å². The molecule has 40 heavy (non-hydrogen) atoms. The van der Waals surface area contributed by atoms with Crippen molar-refractivity contribution in [3.05, 3.63) is 95.6 Å². The van der Waals surface area contributed by atoms with Gasteiger partial charge in [0.25, 0.3) is 9.70 Å². The number of benzene rings is 3. The van der Waals surface area contributed by atoms with Crippen LogP contribution in [0, 0.1) is 0 Å². The van der Waals surface area contributed by atoms with Gasteiger partial charge in [0.05, 0.1) is 24.5 Å². The molecule has 13 heteroatoms. The summed E-state index contributed by atoms with van der Waals surface area (Å²) in [5.41, 5.74) is 3.74. The number of tetrazole rings is 1. The minimum Gasteiger partial charge on any atom is -0.392 e. The van der Waals surface area contributed by atoms with Gasteiger partial charge in [0.15, 0.2) is 6.29 Å². The number of thioether (sulfide) groups is 1. The zero-order valence-corrected chi connectivity index (χ0v) is 23.9. The molecule has 0 aliphatic carbocycles. The summed E-state index contributed by atoms with van der Waals surface area (Å²) in [6.07, 6.45) is -0.677. The van der Waals surface area contributed by atoms with E-state index in [2.05, 4.69) is 20.8 Å². The fraction of sp³-hybridized carbons (Fsp3) is 0.259. The van der Waals surface area contributed by atoms with Crippen molar-refractivity contribution in [1.82, 2.24) is 20.2 Å². The number of alkyl halides is 3. The van der Waals surface area contributed by atoms with E-state index in [1.54, 1.807) is 22.9 Å². The summed E-state index contributed by atoms with van der Waals surface area (Å²) in [6.45, 7) is -0.0420. The summed E-state index contributed by atoms with van der Waals surface area (Å²) in [6, 6.07) is 24.3. The predicted molar refractivity (Wildman–Crippen MR) is 154 cm³/mol. The first-order valence-corrected chi connectivity index (χ1v) is 14.4. The number of aliphatic hydroxyl groups excluding tert-OH is 1. The number of amides is 1. The Balaban J connectivity index is 1.36. The molecule has 9 nitrogen and oxygen atoms in total. The van der Waals surface area contributed by atoms with Gasteiger partial charge in [-0.25, -0.2) is 0 Å². The van der Waals surface area contributed by atoms with E-state index >= 15 is 0 Å². The second kappa shape index (κ2) is 12.9. The lowest BCUT2D eigenvalue weighted by molar-refractivity contribution is -0.245. The second-order valence-electron chi connectivity index (χ2n) is 8.95. The van der Waals surface area contributed by atoms with Gasteiger partial charge in [-0.15, -0.1) is 5.10 Å². The summed E-state index contributed by atoms with van der Waals surface area (Å²) in [5.74, 6) is -0.213. The molecule has 0 saturated carbocycles. The van der Waals surface area contributed by atoms with Crippen molar-refractivity contribution in [1.29, 1.82) is 0 Å². The average Bonchev–Trinajstić information content (AvgIpc) is 3.45. The lowest BCUT2D eigenvalue weighted by Crippen LogP contribution is -2.31. The van der Waals surface area contributed by atoms with Crippen molar-refractivity contribution in [3.8, 4) is 5.69 Å². The van der Waals surface area contributed by atoms with Crippen LogP contribution in [0.5, 0.6) is 0 Å². The van der Waals surface area contributed by atoms with Gasteiger partial charge in [-0.3, -0.25) is 4.79 Å². The third kappa shape index (κ3) is 7.13. The average molecular weight is 621 g/mol. The third-order valence-electron chi connectivity index (χ3n) is 6.13. The molecule has 3 aromatic carbocycles. The lowest BCUT2D eigenvalue weighted by atomic mass is 10.0. The van der Waals surface area contributed by atoms with Crippen LogP contribution < -0.4 is 5.32 Å². The van der Waals surface area contributed by atoms with Crippen LogP contribution in [0.15, 0.2) is 84.0 Å². The Hall–Kier alpha value is -2.70. The number of nitrogens with zero attached hydrogens (tertiary/aromatic N) is 4. The van der Waals surface area contributed by atoms with Gasteiger partial charge in [0, 0.05) is 23.4 Å². The highest BCUT2D eigenvalue weighted by molar-refractivity contribution is 7.99. The number of carbonyl (C=O) groups excluding carboxylic acids is 1. The van der Waals surface area contributed by atoms with Gasteiger partial charge in [-0.2, -0.15) is 4.68 Å². The smallest absolute Gasteiger partial charge is 0.276 e. The molecule has 1 saturated heterocycles. The number of aromatic nitrogens is 4. The molecule has 5 rings (SSSR count). The van der Waals surface area contributed by atoms with E-state index in [1.165, 1.54) is 11.8 Å². The highest BCUT2D eigenvalue weighted by atomic mass is 35.6. The molecule has 4 aromatic rings. The first-order valence-electron chi connectivity index (χ1n) is 12.3. The number of hydrogen-bond acceptors (Lipinski definition) is 8. The van der Waals surface area contributed by atoms with E-state index in [1.807, 2.05) is 60.7 Å². The summed E-state index contributed by atoms with van der Waals surface area (Å²) >= 11 is 18.6. The maximum absolute atomic E-state index is 12.2. The molecule has 1 fully saturated rings. The zero-order chi connectivity index (χ0) is 28.1. The van der Waals surface area contributed by atoms with Crippen LogP contribution in [0.1, 0.15) is 35.5 Å². The van der Waals surface area contributed by atoms with Crippen LogP contribution in [-0.2, 0) is 20.9 Å². The number of rotatable bonds is 8. The van der Waals surface area contributed by atoms with E-state index in [0.29, 0.717) is 28.6 Å². The Kier molecular flexibility index (Phi) is 9.27. The van der Waals surface area contributed by atoms with E-state index in [0.717, 1.165) is 16.8 Å². The monoisotopic (exact) mass is 619 g/mol. The van der Waals surface area contributed by atoms with Crippen molar-refractivity contribution in [2.24, 2.45) is 0 Å². The molecule has 1 amide bonds. The number of aliphatic hydroxyl groups is 1. The summed E-state index contributed by atoms with van der Waals surface area (Å²) in [7, 11) is 0. The molecule has 1 aromatic heterocycles. The van der Waals surface area contributed by atoms with Gasteiger partial charge in [0.1, 0.15) is 0 Å². The number of carbonyl (C=O) groups is 1. The van der Waals surface area contributed by atoms with Gasteiger partial charge in [0.2, 0.25) is 5.16 Å². The van der Waals surface area contributed by atoms with E-state index in [-0.39, 0.29) is 18.8 Å². The predicted octanol–water partition coefficient (Wildman–Crippen LogP) is 5.80. The molecule has 2 N–H and O–H groups in total. The van der Waals surface area contributed by atoms with Crippen LogP contribution in [-0.4, -0.2) is 46.9 Å². The Bertz CT molecular complexity index is 1440. The maximum atomic E-state index is 12.2. The number of nitrogens with one attached hydrogen (secondary N) is 1. The number of para-hydroxylation sites is 1. The van der Waals surface area contributed by atoms with Gasteiger partial charge < -0.3 is 19.9 Å². The van der Waals surface area contributed by atoms with Gasteiger partial charge in [-0.1, -0.05) is 101 Å². The summed E-state index contributed by atoms with van der Waals surface area (Å²) < 4.78 is 12.4. The molecule has 0 unspecified atom stereocenters. The minimum absolute atomic E-state index is 0.0420. The first kappa shape index (κ1) is 28.8. The quantitative estimate of drug-likeness (QED) is 0.188. The highest BCUT2D eigenvalue weighted by Gasteiger charge is 2.34. The number of anilines is 1. The van der Waals surface area contributed by atoms with Crippen LogP contribution in [0.3, 0.4) is 0 Å². The highest BCUT2D eigenvalue weighted by Crippen LogP contribution is 2.40. The molecule has 208 valence electrons. The first-order chi connectivity index (χ1) is 19.3. The standard InChI is InChI=1S/C27H24Cl3N5O4S/c28-27(29,30)25(37)31-20-6-4-5-19(13-20)24-38-22(14-23(39-24)18-11-9-17(15-36)10-12-18)16-40-26-32-33-34-35(26)21-7-2-1-3-8-21/h1-13,22-24,36H,14-16H2,(H,31,37)/t22-,23+,24+/m0/s1. The van der Waals surface area contributed by atoms with Gasteiger partial charge in [-0.05, 0) is 45.8 Å². The van der Waals surface area contributed by atoms with Crippen LogP contribution in [0.2, 0.25) is 0 Å². The summed E-state index contributed by atoms with van der Waals surface area (Å²) in [4.78, 5) is 12.2. The molecule has 1 aliphatic heterocycles. The molecule has 1 aliphatic rings. The number of hydrogen-bond donors (Lipinski definition) is 2. The molecule has 3 atom stereocenters. The normalized spacial score (nSPS) is 19.4. The molecular weight excluding hydrogens is 597 g/mol. The van der Waals surface area contributed by atoms with Crippen molar-refractivity contribution < 1.29 is 19.4 Å². The number of ether oxygens (including phenoxy) is 2. The molecule has 2 heterocycles. The molecule has 0 spiro atoms. The Morgan fingerprint density at radius 1 is 1.02 bits per heavy atom. The maximum Gasteiger partial charge on any atom is 0.276 e. The lowest BCUT2D eigenvalue weighted by Gasteiger charge is -2.36. The van der Waals surface area contributed by atoms with E-state index in [4.69, 9.17) is 44.3 Å². The number of halogens is 3. The topological polar surface area (TPSA) is 111 Å². The Morgan fingerprint density at radius 2 is 1.80 bits per heavy atom. The SMILES string of the molecule is O=C(Nc1cccc([C@@H]2O[C@H](CSc3nnnn3-c3ccccc3)C[C@H](c3ccc(CO)cc3)O2)c1)C(Cl)(Cl)Cl.